The third kappa shape index (κ3) is 7.83. The Morgan fingerprint density at radius 2 is 1.95 bits per heavy atom. The number of likely N-dealkylation sites (tertiary alicyclic amines) is 1. The Bertz CT molecular complexity index is 1180. The van der Waals surface area contributed by atoms with Crippen LogP contribution in [-0.4, -0.2) is 97.9 Å². The molecule has 0 bridgehead atoms. The Morgan fingerprint density at radius 3 is 2.69 bits per heavy atom. The molecule has 1 atom stereocenters. The molecule has 0 aliphatic carbocycles. The van der Waals surface area contributed by atoms with Gasteiger partial charge in [-0.25, -0.2) is 9.37 Å². The molecule has 3 amide bonds. The van der Waals surface area contributed by atoms with Crippen LogP contribution < -0.4 is 20.3 Å². The quantitative estimate of drug-likeness (QED) is 0.342. The van der Waals surface area contributed by atoms with Crippen molar-refractivity contribution in [1.82, 2.24) is 20.5 Å². The van der Waals surface area contributed by atoms with Crippen molar-refractivity contribution >= 4 is 34.2 Å². The summed E-state index contributed by atoms with van der Waals surface area (Å²) in [5.41, 5.74) is 0.633. The Labute approximate surface area is 228 Å². The molecule has 2 saturated heterocycles. The molecule has 0 spiro atoms. The fourth-order valence-corrected chi connectivity index (χ4v) is 5.05. The van der Waals surface area contributed by atoms with E-state index in [0.29, 0.717) is 51.4 Å². The van der Waals surface area contributed by atoms with E-state index in [1.165, 1.54) is 22.3 Å². The highest BCUT2D eigenvalue weighted by atomic mass is 32.1. The molecule has 0 saturated carbocycles. The second-order valence-electron chi connectivity index (χ2n) is 9.15. The third-order valence-electron chi connectivity index (χ3n) is 6.30. The first-order valence-corrected chi connectivity index (χ1v) is 13.6. The number of thiazole rings is 1. The van der Waals surface area contributed by atoms with Gasteiger partial charge in [-0.2, -0.15) is 4.39 Å². The summed E-state index contributed by atoms with van der Waals surface area (Å²) in [4.78, 5) is 44.3. The number of β-amino-alcohol motifs (C(OH)–C–C–N with tert-alkyl or cyclic N) is 1. The molecule has 3 heterocycles. The van der Waals surface area contributed by atoms with Crippen LogP contribution in [-0.2, 0) is 19.1 Å². The molecule has 2 aliphatic heterocycles. The number of carbonyl (C=O) groups is 3. The van der Waals surface area contributed by atoms with Gasteiger partial charge in [0.1, 0.15) is 0 Å². The van der Waals surface area contributed by atoms with Crippen molar-refractivity contribution in [3.8, 4) is 17.0 Å². The molecular weight excluding hydrogens is 536 g/mol. The molecule has 3 N–H and O–H groups in total. The summed E-state index contributed by atoms with van der Waals surface area (Å²) in [5, 5.41) is 17.0. The Morgan fingerprint density at radius 1 is 1.15 bits per heavy atom. The first-order valence-electron chi connectivity index (χ1n) is 12.7. The maximum Gasteiger partial charge on any atom is 0.257 e. The molecular formula is C25H31F2N5O6S. The van der Waals surface area contributed by atoms with Gasteiger partial charge in [0, 0.05) is 50.1 Å². The van der Waals surface area contributed by atoms with E-state index in [4.69, 9.17) is 9.47 Å². The number of nitrogens with zero attached hydrogens (tertiary/aromatic N) is 3. The van der Waals surface area contributed by atoms with Crippen molar-refractivity contribution in [3.05, 3.63) is 29.1 Å². The molecule has 14 heteroatoms. The maximum absolute atomic E-state index is 14.6. The summed E-state index contributed by atoms with van der Waals surface area (Å²) < 4.78 is 39.3. The lowest BCUT2D eigenvalue weighted by molar-refractivity contribution is -0.132. The SMILES string of the molecule is O=C(CCCNC(=O)COc1c(-c2csc(N3CCOCC3)n2)ccc(F)c1F)NCC(=O)N1CC[C@@H](O)C1. The van der Waals surface area contributed by atoms with E-state index < -0.39 is 36.0 Å². The van der Waals surface area contributed by atoms with Crippen molar-refractivity contribution in [3.63, 3.8) is 0 Å². The summed E-state index contributed by atoms with van der Waals surface area (Å²) >= 11 is 1.37. The summed E-state index contributed by atoms with van der Waals surface area (Å²) in [5.74, 6) is -3.90. The highest BCUT2D eigenvalue weighted by Crippen LogP contribution is 2.36. The van der Waals surface area contributed by atoms with Crippen molar-refractivity contribution in [2.45, 2.75) is 25.4 Å². The monoisotopic (exact) mass is 567 g/mol. The second kappa shape index (κ2) is 13.6. The highest BCUT2D eigenvalue weighted by molar-refractivity contribution is 7.14. The maximum atomic E-state index is 14.6. The van der Waals surface area contributed by atoms with Crippen molar-refractivity contribution in [2.75, 3.05) is 64.0 Å². The van der Waals surface area contributed by atoms with Gasteiger partial charge in [0.25, 0.3) is 5.91 Å². The molecule has 39 heavy (non-hydrogen) atoms. The van der Waals surface area contributed by atoms with Gasteiger partial charge in [-0.3, -0.25) is 14.4 Å². The fourth-order valence-electron chi connectivity index (χ4n) is 4.17. The van der Waals surface area contributed by atoms with Gasteiger partial charge in [-0.15, -0.1) is 11.3 Å². The van der Waals surface area contributed by atoms with Gasteiger partial charge in [-0.05, 0) is 25.0 Å². The molecule has 4 rings (SSSR count). The molecule has 11 nitrogen and oxygen atoms in total. The molecule has 2 aromatic rings. The second-order valence-corrected chi connectivity index (χ2v) is 9.99. The number of halogens is 2. The van der Waals surface area contributed by atoms with Crippen LogP contribution >= 0.6 is 11.3 Å². The summed E-state index contributed by atoms with van der Waals surface area (Å²) in [6, 6.07) is 2.34. The summed E-state index contributed by atoms with van der Waals surface area (Å²) in [6.07, 6.45) is 0.380. The van der Waals surface area contributed by atoms with E-state index in [9.17, 15) is 28.3 Å². The zero-order valence-electron chi connectivity index (χ0n) is 21.3. The highest BCUT2D eigenvalue weighted by Gasteiger charge is 2.25. The van der Waals surface area contributed by atoms with Gasteiger partial charge in [0.15, 0.2) is 23.3 Å². The number of aromatic nitrogens is 1. The van der Waals surface area contributed by atoms with E-state index in [1.807, 2.05) is 4.90 Å². The van der Waals surface area contributed by atoms with Crippen LogP contribution in [0.3, 0.4) is 0 Å². The largest absolute Gasteiger partial charge is 0.480 e. The first kappa shape index (κ1) is 28.6. The van der Waals surface area contributed by atoms with Crippen molar-refractivity contribution < 1.29 is 37.7 Å². The van der Waals surface area contributed by atoms with Crippen LogP contribution in [0.1, 0.15) is 19.3 Å². The number of aliphatic hydroxyl groups excluding tert-OH is 1. The molecule has 2 aliphatic rings. The van der Waals surface area contributed by atoms with Gasteiger partial charge in [-0.1, -0.05) is 0 Å². The predicted molar refractivity (Wildman–Crippen MR) is 138 cm³/mol. The number of amides is 3. The van der Waals surface area contributed by atoms with Crippen LogP contribution in [0.4, 0.5) is 13.9 Å². The molecule has 212 valence electrons. The number of benzene rings is 1. The molecule has 0 unspecified atom stereocenters. The van der Waals surface area contributed by atoms with E-state index >= 15 is 0 Å². The predicted octanol–water partition coefficient (Wildman–Crippen LogP) is 0.910. The van der Waals surface area contributed by atoms with Crippen LogP contribution in [0.2, 0.25) is 0 Å². The van der Waals surface area contributed by atoms with Gasteiger partial charge < -0.3 is 35.0 Å². The van der Waals surface area contributed by atoms with Crippen LogP contribution in [0, 0.1) is 11.6 Å². The van der Waals surface area contributed by atoms with Crippen molar-refractivity contribution in [2.24, 2.45) is 0 Å². The number of aliphatic hydroxyl groups is 1. The number of hydrogen-bond donors (Lipinski definition) is 3. The lowest BCUT2D eigenvalue weighted by atomic mass is 10.1. The Balaban J connectivity index is 1.22. The third-order valence-corrected chi connectivity index (χ3v) is 7.20. The standard InChI is InChI=1S/C25H31F2N5O6S/c26-18-4-3-17(19-15-39-25(30-19)31-8-10-37-11-9-31)24(23(18)27)38-14-21(35)28-6-1-2-20(34)29-12-22(36)32-7-5-16(33)13-32/h3-4,15-16,33H,1-2,5-14H2,(H,28,35)(H,29,34)/t16-/m1/s1. The number of nitrogens with one attached hydrogen (secondary N) is 2. The number of morpholine rings is 1. The van der Waals surface area contributed by atoms with E-state index in [2.05, 4.69) is 15.6 Å². The molecule has 0 radical (unpaired) electrons. The van der Waals surface area contributed by atoms with E-state index in [0.717, 1.165) is 11.2 Å². The first-order chi connectivity index (χ1) is 18.8. The zero-order chi connectivity index (χ0) is 27.8. The minimum absolute atomic E-state index is 0.0784. The molecule has 2 fully saturated rings. The number of rotatable bonds is 11. The summed E-state index contributed by atoms with van der Waals surface area (Å²) in [7, 11) is 0. The minimum atomic E-state index is -1.21. The summed E-state index contributed by atoms with van der Waals surface area (Å²) in [6.45, 7) is 2.69. The lowest BCUT2D eigenvalue weighted by Gasteiger charge is -2.26. The lowest BCUT2D eigenvalue weighted by Crippen LogP contribution is -2.39. The van der Waals surface area contributed by atoms with Crippen LogP contribution in [0.25, 0.3) is 11.3 Å². The van der Waals surface area contributed by atoms with E-state index in [1.54, 1.807) is 5.38 Å². The molecule has 1 aromatic heterocycles. The average Bonchev–Trinajstić information content (AvgIpc) is 3.61. The number of carbonyl (C=O) groups excluding carboxylic acids is 3. The minimum Gasteiger partial charge on any atom is -0.480 e. The van der Waals surface area contributed by atoms with Gasteiger partial charge in [0.05, 0.1) is 31.6 Å². The van der Waals surface area contributed by atoms with E-state index in [-0.39, 0.29) is 43.4 Å². The zero-order valence-corrected chi connectivity index (χ0v) is 22.1. The fraction of sp³-hybridized carbons (Fsp3) is 0.520. The topological polar surface area (TPSA) is 133 Å². The van der Waals surface area contributed by atoms with Crippen LogP contribution in [0.15, 0.2) is 17.5 Å². The number of ether oxygens (including phenoxy) is 2. The number of hydrogen-bond acceptors (Lipinski definition) is 9. The normalized spacial score (nSPS) is 17.3. The van der Waals surface area contributed by atoms with Crippen LogP contribution in [0.5, 0.6) is 5.75 Å². The van der Waals surface area contributed by atoms with Crippen molar-refractivity contribution in [1.29, 1.82) is 0 Å². The average molecular weight is 568 g/mol. The smallest absolute Gasteiger partial charge is 0.257 e. The Hall–Kier alpha value is -3.36. The van der Waals surface area contributed by atoms with Gasteiger partial charge in [0.2, 0.25) is 17.6 Å². The number of anilines is 1. The molecule has 1 aromatic carbocycles. The van der Waals surface area contributed by atoms with Gasteiger partial charge >= 0.3 is 0 Å². The Kier molecular flexibility index (Phi) is 10.0.